The van der Waals surface area contributed by atoms with Gasteiger partial charge in [-0.05, 0) is 0 Å². The van der Waals surface area contributed by atoms with E-state index in [1.54, 1.807) is 0 Å². The van der Waals surface area contributed by atoms with Crippen LogP contribution in [0.15, 0.2) is 0 Å². The summed E-state index contributed by atoms with van der Waals surface area (Å²) < 4.78 is 33.7. The van der Waals surface area contributed by atoms with Crippen LogP contribution in [-0.2, 0) is 0 Å². The van der Waals surface area contributed by atoms with Gasteiger partial charge in [-0.15, -0.1) is 0 Å². The molecule has 0 fully saturated rings. The first-order chi connectivity index (χ1) is 2.94. The van der Waals surface area contributed by atoms with Crippen LogP contribution in [0, 0.1) is 0 Å². The van der Waals surface area contributed by atoms with E-state index in [1.165, 1.54) is 40.3 Å². The van der Waals surface area contributed by atoms with Gasteiger partial charge < -0.3 is 0 Å². The molecule has 0 unspecified atom stereocenters. The normalized spacial score (nSPS) is 12.9. The van der Waals surface area contributed by atoms with Gasteiger partial charge in [-0.1, -0.05) is 0 Å². The van der Waals surface area contributed by atoms with E-state index in [1.807, 2.05) is 0 Å². The maximum absolute atomic E-state index is 11.2. The Hall–Kier alpha value is 1.81. The Labute approximate surface area is 65.5 Å². The molecule has 0 aliphatic heterocycles. The molecule has 0 aromatic carbocycles. The van der Waals surface area contributed by atoms with Crippen molar-refractivity contribution >= 4 is 48.2 Å². The molecule has 0 aromatic heterocycles. The molecular formula is CAsF3I2. The Morgan fingerprint density at radius 3 is 1.29 bits per heavy atom. The number of halogens is 5. The fraction of sp³-hybridized carbons (Fsp3) is 1.00. The number of hydrogen-bond acceptors (Lipinski definition) is 0. The number of rotatable bonds is 0. The van der Waals surface area contributed by atoms with Crippen LogP contribution >= 0.6 is 40.3 Å². The SMILES string of the molecule is FC(F)(F)[As](I)I. The molecular weight excluding hydrogens is 398 g/mol. The standard InChI is InChI=1S/CAsF3I2/c3-1(4,5)2(6)7. The Balaban J connectivity index is 3.54. The molecule has 0 radical (unpaired) electrons. The first kappa shape index (κ1) is 8.81. The average molecular weight is 398 g/mol. The van der Waals surface area contributed by atoms with Gasteiger partial charge in [0.15, 0.2) is 0 Å². The summed E-state index contributed by atoms with van der Waals surface area (Å²) in [4.78, 5) is -3.88. The second-order valence-corrected chi connectivity index (χ2v) is 22.4. The summed E-state index contributed by atoms with van der Waals surface area (Å²) in [6.07, 6.45) is 0. The summed E-state index contributed by atoms with van der Waals surface area (Å²) >= 11 is 2.91. The van der Waals surface area contributed by atoms with E-state index in [0.29, 0.717) is 0 Å². The Morgan fingerprint density at radius 2 is 1.29 bits per heavy atom. The van der Waals surface area contributed by atoms with E-state index in [0.717, 1.165) is 0 Å². The van der Waals surface area contributed by atoms with Gasteiger partial charge in [0, 0.05) is 0 Å². The first-order valence-electron chi connectivity index (χ1n) is 1.13. The molecule has 0 atom stereocenters. The topological polar surface area (TPSA) is 0 Å². The van der Waals surface area contributed by atoms with Crippen LogP contribution in [0.4, 0.5) is 13.2 Å². The van der Waals surface area contributed by atoms with Crippen LogP contribution in [0.1, 0.15) is 0 Å². The summed E-state index contributed by atoms with van der Waals surface area (Å²) in [5.74, 6) is 0. The summed E-state index contributed by atoms with van der Waals surface area (Å²) in [6.45, 7) is 0. The van der Waals surface area contributed by atoms with E-state index in [9.17, 15) is 13.2 Å². The molecule has 0 aliphatic rings. The van der Waals surface area contributed by atoms with E-state index in [-0.39, 0.29) is 0 Å². The molecule has 0 rings (SSSR count). The molecule has 6 heteroatoms. The van der Waals surface area contributed by atoms with E-state index >= 15 is 0 Å². The molecule has 0 spiro atoms. The molecule has 0 aliphatic carbocycles. The van der Waals surface area contributed by atoms with Gasteiger partial charge in [0.05, 0.1) is 0 Å². The van der Waals surface area contributed by atoms with Crippen molar-refractivity contribution in [3.8, 4) is 0 Å². The Kier molecular flexibility index (Phi) is 3.90. The molecule has 44 valence electrons. The molecule has 0 amide bonds. The molecule has 0 aromatic rings. The third kappa shape index (κ3) is 4.32. The van der Waals surface area contributed by atoms with Crippen LogP contribution in [0.5, 0.6) is 0 Å². The second kappa shape index (κ2) is 3.10. The summed E-state index contributed by atoms with van der Waals surface area (Å²) in [5, 5.41) is 0. The van der Waals surface area contributed by atoms with Crippen LogP contribution in [0.25, 0.3) is 0 Å². The van der Waals surface area contributed by atoms with Crippen molar-refractivity contribution in [3.05, 3.63) is 0 Å². The summed E-state index contributed by atoms with van der Waals surface area (Å²) in [5.41, 5.74) is 0. The van der Waals surface area contributed by atoms with Gasteiger partial charge in [-0.3, -0.25) is 0 Å². The van der Waals surface area contributed by atoms with Crippen molar-refractivity contribution in [2.45, 2.75) is 4.96 Å². The zero-order chi connectivity index (χ0) is 6.08. The Morgan fingerprint density at radius 1 is 1.14 bits per heavy atom. The summed E-state index contributed by atoms with van der Waals surface area (Å²) in [7, 11) is -2.48. The van der Waals surface area contributed by atoms with E-state index in [2.05, 4.69) is 0 Å². The minimum atomic E-state index is -3.88. The zero-order valence-electron chi connectivity index (χ0n) is 2.84. The quantitative estimate of drug-likeness (QED) is 0.435. The van der Waals surface area contributed by atoms with Gasteiger partial charge in [-0.25, -0.2) is 0 Å². The van der Waals surface area contributed by atoms with Crippen molar-refractivity contribution in [1.82, 2.24) is 0 Å². The van der Waals surface area contributed by atoms with Crippen molar-refractivity contribution in [2.75, 3.05) is 0 Å². The van der Waals surface area contributed by atoms with Gasteiger partial charge in [0.1, 0.15) is 0 Å². The first-order valence-corrected chi connectivity index (χ1v) is 13.5. The van der Waals surface area contributed by atoms with Gasteiger partial charge in [0.2, 0.25) is 0 Å². The van der Waals surface area contributed by atoms with Gasteiger partial charge >= 0.3 is 66.3 Å². The fourth-order valence-corrected chi connectivity index (χ4v) is 0. The van der Waals surface area contributed by atoms with Crippen molar-refractivity contribution < 1.29 is 13.2 Å². The fourth-order valence-electron chi connectivity index (χ4n) is 0. The van der Waals surface area contributed by atoms with Crippen LogP contribution in [-0.4, -0.2) is 12.9 Å². The van der Waals surface area contributed by atoms with E-state index in [4.69, 9.17) is 0 Å². The number of alkyl halides is 3. The average Bonchev–Trinajstić information content (AvgIpc) is 1.31. The van der Waals surface area contributed by atoms with Crippen molar-refractivity contribution in [1.29, 1.82) is 0 Å². The van der Waals surface area contributed by atoms with Crippen LogP contribution in [0.2, 0.25) is 0 Å². The number of hydrogen-bond donors (Lipinski definition) is 0. The second-order valence-electron chi connectivity index (χ2n) is 0.701. The van der Waals surface area contributed by atoms with Gasteiger partial charge in [-0.2, -0.15) is 0 Å². The molecule has 0 nitrogen and oxygen atoms in total. The third-order valence-corrected chi connectivity index (χ3v) is 6.68. The molecule has 0 saturated heterocycles. The zero-order valence-corrected chi connectivity index (χ0v) is 9.03. The maximum atomic E-state index is 11.2. The Bertz CT molecular complexity index is 58.4. The van der Waals surface area contributed by atoms with Crippen LogP contribution in [0.3, 0.4) is 0 Å². The monoisotopic (exact) mass is 398 g/mol. The van der Waals surface area contributed by atoms with Crippen molar-refractivity contribution in [3.63, 3.8) is 0 Å². The van der Waals surface area contributed by atoms with Gasteiger partial charge in [0.25, 0.3) is 0 Å². The molecule has 0 N–H and O–H groups in total. The summed E-state index contributed by atoms with van der Waals surface area (Å²) in [6, 6.07) is 0. The van der Waals surface area contributed by atoms with E-state index < -0.39 is 12.9 Å². The molecule has 7 heavy (non-hydrogen) atoms. The molecule has 0 saturated carbocycles. The predicted molar refractivity (Wildman–Crippen MR) is 39.8 cm³/mol. The predicted octanol–water partition coefficient (Wildman–Crippen LogP) is 2.45. The minimum absolute atomic E-state index is 1.46. The van der Waals surface area contributed by atoms with Crippen molar-refractivity contribution in [2.24, 2.45) is 0 Å². The van der Waals surface area contributed by atoms with Crippen LogP contribution < -0.4 is 0 Å². The third-order valence-electron chi connectivity index (χ3n) is 0.192. The molecule has 0 bridgehead atoms. The molecule has 0 heterocycles.